The number of aromatic nitrogens is 1. The second kappa shape index (κ2) is 6.20. The third-order valence-corrected chi connectivity index (χ3v) is 6.52. The Morgan fingerprint density at radius 1 is 0.452 bits per heavy atom. The monoisotopic (exact) mass is 393 g/mol. The highest BCUT2D eigenvalue weighted by Gasteiger charge is 2.19. The molecule has 0 aliphatic carbocycles. The van der Waals surface area contributed by atoms with Gasteiger partial charge in [-0.05, 0) is 50.7 Å². The van der Waals surface area contributed by atoms with Crippen LogP contribution in [0.15, 0.2) is 115 Å². The van der Waals surface area contributed by atoms with Crippen LogP contribution in [0.2, 0.25) is 0 Å². The Labute approximate surface area is 180 Å². The molecule has 0 amide bonds. The fourth-order valence-corrected chi connectivity index (χ4v) is 5.23. The number of fused-ring (bicyclic) bond motifs is 3. The number of hydrogen-bond donors (Lipinski definition) is 0. The van der Waals surface area contributed by atoms with Crippen molar-refractivity contribution in [1.82, 2.24) is 4.57 Å². The van der Waals surface area contributed by atoms with Gasteiger partial charge in [-0.15, -0.1) is 0 Å². The fourth-order valence-electron chi connectivity index (χ4n) is 5.23. The second-order valence-electron chi connectivity index (χ2n) is 8.20. The number of para-hydroxylation sites is 1. The first-order chi connectivity index (χ1) is 15.4. The number of benzene rings is 6. The SMILES string of the molecule is c1ccc(-c2cc3c4cccc5ccc6cccc(c6c54)c3n2-c2ccccc2)cc1. The van der Waals surface area contributed by atoms with E-state index >= 15 is 0 Å². The summed E-state index contributed by atoms with van der Waals surface area (Å²) in [4.78, 5) is 0. The molecule has 0 saturated carbocycles. The van der Waals surface area contributed by atoms with E-state index in [4.69, 9.17) is 0 Å². The Balaban J connectivity index is 1.80. The molecule has 1 nitrogen and oxygen atoms in total. The van der Waals surface area contributed by atoms with E-state index in [1.54, 1.807) is 0 Å². The average Bonchev–Trinajstić information content (AvgIpc) is 3.25. The number of nitrogens with zero attached hydrogens (tertiary/aromatic N) is 1. The molecule has 0 aliphatic rings. The summed E-state index contributed by atoms with van der Waals surface area (Å²) in [6.07, 6.45) is 0. The Morgan fingerprint density at radius 2 is 1.06 bits per heavy atom. The summed E-state index contributed by atoms with van der Waals surface area (Å²) < 4.78 is 2.44. The molecule has 0 atom stereocenters. The zero-order valence-corrected chi connectivity index (χ0v) is 16.9. The highest BCUT2D eigenvalue weighted by molar-refractivity contribution is 6.33. The number of rotatable bonds is 2. The quantitative estimate of drug-likeness (QED) is 0.261. The van der Waals surface area contributed by atoms with Gasteiger partial charge in [-0.3, -0.25) is 0 Å². The van der Waals surface area contributed by atoms with Crippen molar-refractivity contribution in [2.75, 3.05) is 0 Å². The zero-order valence-electron chi connectivity index (χ0n) is 16.9. The van der Waals surface area contributed by atoms with Crippen LogP contribution in [0, 0.1) is 0 Å². The molecule has 0 radical (unpaired) electrons. The molecule has 144 valence electrons. The van der Waals surface area contributed by atoms with Crippen molar-refractivity contribution in [3.63, 3.8) is 0 Å². The highest BCUT2D eigenvalue weighted by Crippen LogP contribution is 2.44. The molecule has 0 bridgehead atoms. The molecule has 0 aliphatic heterocycles. The summed E-state index contributed by atoms with van der Waals surface area (Å²) in [7, 11) is 0. The summed E-state index contributed by atoms with van der Waals surface area (Å²) in [5.74, 6) is 0. The first kappa shape index (κ1) is 16.7. The van der Waals surface area contributed by atoms with Crippen LogP contribution in [-0.4, -0.2) is 4.57 Å². The van der Waals surface area contributed by atoms with Crippen LogP contribution in [0.1, 0.15) is 0 Å². The van der Waals surface area contributed by atoms with E-state index in [1.165, 1.54) is 60.2 Å². The first-order valence-corrected chi connectivity index (χ1v) is 10.7. The summed E-state index contributed by atoms with van der Waals surface area (Å²) >= 11 is 0. The Hall–Kier alpha value is -4.10. The van der Waals surface area contributed by atoms with E-state index in [0.717, 1.165) is 0 Å². The van der Waals surface area contributed by atoms with Gasteiger partial charge in [-0.25, -0.2) is 0 Å². The maximum Gasteiger partial charge on any atom is 0.0620 e. The van der Waals surface area contributed by atoms with Crippen molar-refractivity contribution in [2.45, 2.75) is 0 Å². The molecule has 31 heavy (non-hydrogen) atoms. The topological polar surface area (TPSA) is 4.93 Å². The highest BCUT2D eigenvalue weighted by atomic mass is 15.0. The summed E-state index contributed by atoms with van der Waals surface area (Å²) in [5, 5.41) is 9.26. The van der Waals surface area contributed by atoms with Crippen LogP contribution in [0.25, 0.3) is 60.2 Å². The van der Waals surface area contributed by atoms with Gasteiger partial charge in [0.2, 0.25) is 0 Å². The average molecular weight is 393 g/mol. The maximum atomic E-state index is 2.44. The van der Waals surface area contributed by atoms with Crippen molar-refractivity contribution < 1.29 is 0 Å². The van der Waals surface area contributed by atoms with E-state index in [0.29, 0.717) is 0 Å². The Bertz CT molecular complexity index is 1710. The molecule has 0 N–H and O–H groups in total. The summed E-state index contributed by atoms with van der Waals surface area (Å²) in [5.41, 5.74) is 4.91. The molecular weight excluding hydrogens is 374 g/mol. The van der Waals surface area contributed by atoms with Gasteiger partial charge in [0.05, 0.1) is 11.2 Å². The maximum absolute atomic E-state index is 2.44. The van der Waals surface area contributed by atoms with Crippen molar-refractivity contribution >= 4 is 43.2 Å². The van der Waals surface area contributed by atoms with Crippen LogP contribution in [0.4, 0.5) is 0 Å². The van der Waals surface area contributed by atoms with Gasteiger partial charge in [0, 0.05) is 16.5 Å². The third kappa shape index (κ3) is 2.26. The first-order valence-electron chi connectivity index (χ1n) is 10.7. The molecule has 1 aromatic heterocycles. The fraction of sp³-hybridized carbons (Fsp3) is 0. The largest absolute Gasteiger partial charge is 0.309 e. The lowest BCUT2D eigenvalue weighted by atomic mass is 9.92. The minimum atomic E-state index is 1.19. The van der Waals surface area contributed by atoms with Crippen LogP contribution in [-0.2, 0) is 0 Å². The van der Waals surface area contributed by atoms with Crippen LogP contribution in [0.3, 0.4) is 0 Å². The van der Waals surface area contributed by atoms with E-state index in [9.17, 15) is 0 Å². The molecular formula is C30H19N. The molecule has 6 aromatic carbocycles. The van der Waals surface area contributed by atoms with Gasteiger partial charge >= 0.3 is 0 Å². The standard InChI is InChI=1S/C30H19N/c1-3-9-20(10-4-1)27-19-26-24-15-7-11-21-17-18-22-12-8-16-25(29(22)28(21)24)30(26)31(27)23-13-5-2-6-14-23/h1-19H. The lowest BCUT2D eigenvalue weighted by Crippen LogP contribution is -1.97. The van der Waals surface area contributed by atoms with Gasteiger partial charge in [0.15, 0.2) is 0 Å². The summed E-state index contributed by atoms with van der Waals surface area (Å²) in [6, 6.07) is 41.7. The second-order valence-corrected chi connectivity index (χ2v) is 8.20. The molecule has 0 unspecified atom stereocenters. The summed E-state index contributed by atoms with van der Waals surface area (Å²) in [6.45, 7) is 0. The predicted molar refractivity (Wildman–Crippen MR) is 132 cm³/mol. The normalized spacial score (nSPS) is 11.9. The van der Waals surface area contributed by atoms with Crippen molar-refractivity contribution in [2.24, 2.45) is 0 Å². The van der Waals surface area contributed by atoms with Gasteiger partial charge in [-0.1, -0.05) is 97.1 Å². The molecule has 0 spiro atoms. The van der Waals surface area contributed by atoms with E-state index in [2.05, 4.69) is 120 Å². The van der Waals surface area contributed by atoms with Gasteiger partial charge in [0.1, 0.15) is 0 Å². The zero-order chi connectivity index (χ0) is 20.4. The molecule has 1 heterocycles. The van der Waals surface area contributed by atoms with Crippen LogP contribution >= 0.6 is 0 Å². The van der Waals surface area contributed by atoms with E-state index in [-0.39, 0.29) is 0 Å². The molecule has 1 heteroatoms. The molecule has 7 aromatic rings. The molecule has 0 saturated heterocycles. The smallest absolute Gasteiger partial charge is 0.0620 e. The van der Waals surface area contributed by atoms with Crippen molar-refractivity contribution in [3.8, 4) is 16.9 Å². The predicted octanol–water partition coefficient (Wildman–Crippen LogP) is 8.19. The van der Waals surface area contributed by atoms with Gasteiger partial charge in [-0.2, -0.15) is 0 Å². The lowest BCUT2D eigenvalue weighted by molar-refractivity contribution is 1.14. The Morgan fingerprint density at radius 3 is 1.77 bits per heavy atom. The minimum absolute atomic E-state index is 1.19. The van der Waals surface area contributed by atoms with Crippen molar-refractivity contribution in [1.29, 1.82) is 0 Å². The minimum Gasteiger partial charge on any atom is -0.309 e. The van der Waals surface area contributed by atoms with Gasteiger partial charge in [0.25, 0.3) is 0 Å². The number of hydrogen-bond acceptors (Lipinski definition) is 0. The van der Waals surface area contributed by atoms with E-state index < -0.39 is 0 Å². The van der Waals surface area contributed by atoms with Crippen LogP contribution in [0.5, 0.6) is 0 Å². The van der Waals surface area contributed by atoms with Crippen molar-refractivity contribution in [3.05, 3.63) is 115 Å². The van der Waals surface area contributed by atoms with Crippen LogP contribution < -0.4 is 0 Å². The van der Waals surface area contributed by atoms with Gasteiger partial charge < -0.3 is 4.57 Å². The Kier molecular flexibility index (Phi) is 3.33. The molecule has 0 fully saturated rings. The lowest BCUT2D eigenvalue weighted by Gasteiger charge is -2.16. The van der Waals surface area contributed by atoms with E-state index in [1.807, 2.05) is 0 Å². The third-order valence-electron chi connectivity index (χ3n) is 6.52. The molecule has 7 rings (SSSR count).